The first kappa shape index (κ1) is 12.2. The molecule has 0 atom stereocenters. The Balaban J connectivity index is 0.00000112. The van der Waals surface area contributed by atoms with Gasteiger partial charge >= 0.3 is 0 Å². The van der Waals surface area contributed by atoms with Crippen LogP contribution in [0.2, 0.25) is 0 Å². The van der Waals surface area contributed by atoms with Crippen molar-refractivity contribution in [1.29, 1.82) is 0 Å². The number of hydrogen-bond donors (Lipinski definition) is 1. The minimum Gasteiger partial charge on any atom is -0.299 e. The Bertz CT molecular complexity index is 384. The van der Waals surface area contributed by atoms with E-state index in [4.69, 9.17) is 0 Å². The number of benzene rings is 1. The second-order valence-electron chi connectivity index (χ2n) is 2.97. The van der Waals surface area contributed by atoms with Gasteiger partial charge in [0.2, 0.25) is 0 Å². The molecule has 0 amide bonds. The average molecular weight is 325 g/mol. The van der Waals surface area contributed by atoms with Gasteiger partial charge in [0.15, 0.2) is 5.82 Å². The first-order valence-corrected chi connectivity index (χ1v) is 4.08. The van der Waals surface area contributed by atoms with E-state index in [0.29, 0.717) is 0 Å². The lowest BCUT2D eigenvalue weighted by molar-refractivity contribution is 0.357. The molecule has 2 rings (SSSR count). The second kappa shape index (κ2) is 4.75. The van der Waals surface area contributed by atoms with Crippen LogP contribution in [-0.4, -0.2) is 12.1 Å². The number of nitrogens with one attached hydrogen (secondary N) is 1. The number of hydrogen-bond acceptors (Lipinski definition) is 3. The van der Waals surface area contributed by atoms with Crippen molar-refractivity contribution in [2.24, 2.45) is 0 Å². The van der Waals surface area contributed by atoms with Gasteiger partial charge in [0.25, 0.3) is 0 Å². The molecule has 82 valence electrons. The summed E-state index contributed by atoms with van der Waals surface area (Å²) < 4.78 is 25.9. The Morgan fingerprint density at radius 2 is 1.93 bits per heavy atom. The summed E-state index contributed by atoms with van der Waals surface area (Å²) in [5.41, 5.74) is 3.11. The lowest BCUT2D eigenvalue weighted by Crippen LogP contribution is -2.37. The second-order valence-corrected chi connectivity index (χ2v) is 2.97. The summed E-state index contributed by atoms with van der Waals surface area (Å²) in [7, 11) is 1.78. The fraction of sp³-hybridized carbons (Fsp3) is 0.111. The molecule has 6 heteroatoms. The largest absolute Gasteiger partial charge is 0.299 e. The lowest BCUT2D eigenvalue weighted by atomic mass is 10.3. The van der Waals surface area contributed by atoms with E-state index in [2.05, 4.69) is 5.53 Å². The van der Waals surface area contributed by atoms with Crippen molar-refractivity contribution >= 4 is 29.7 Å². The van der Waals surface area contributed by atoms with E-state index < -0.39 is 11.6 Å². The van der Waals surface area contributed by atoms with Gasteiger partial charge in [-0.2, -0.15) is 0 Å². The van der Waals surface area contributed by atoms with Crippen LogP contribution in [0.3, 0.4) is 0 Å². The van der Waals surface area contributed by atoms with Gasteiger partial charge in [-0.25, -0.2) is 8.78 Å². The van der Waals surface area contributed by atoms with Crippen LogP contribution in [0.5, 0.6) is 0 Å². The molecule has 1 heterocycles. The summed E-state index contributed by atoms with van der Waals surface area (Å²) in [6, 6.07) is 3.44. The molecule has 0 unspecified atom stereocenters. The highest BCUT2D eigenvalue weighted by Gasteiger charge is 2.14. The molecule has 0 aromatic heterocycles. The van der Waals surface area contributed by atoms with Gasteiger partial charge in [-0.15, -0.1) is 29.5 Å². The number of hydrazine groups is 2. The molecule has 1 N–H and O–H groups in total. The van der Waals surface area contributed by atoms with Gasteiger partial charge in [-0.05, 0) is 12.1 Å². The first-order chi connectivity index (χ1) is 6.66. The molecule has 0 saturated heterocycles. The van der Waals surface area contributed by atoms with Gasteiger partial charge in [0.05, 0.1) is 5.69 Å². The van der Waals surface area contributed by atoms with Crippen LogP contribution in [0, 0.1) is 11.6 Å². The molecule has 1 aromatic carbocycles. The molecule has 0 aliphatic carbocycles. The van der Waals surface area contributed by atoms with Crippen molar-refractivity contribution in [2.45, 2.75) is 0 Å². The summed E-state index contributed by atoms with van der Waals surface area (Å²) >= 11 is 0. The normalized spacial score (nSPS) is 14.3. The highest BCUT2D eigenvalue weighted by molar-refractivity contribution is 14.0. The molecule has 1 aliphatic heterocycles. The molecular weight excluding hydrogens is 315 g/mol. The molecule has 1 aliphatic rings. The molecule has 3 nitrogen and oxygen atoms in total. The highest BCUT2D eigenvalue weighted by Crippen LogP contribution is 2.20. The van der Waals surface area contributed by atoms with Gasteiger partial charge in [-0.3, -0.25) is 10.0 Å². The predicted octanol–water partition coefficient (Wildman–Crippen LogP) is 2.23. The van der Waals surface area contributed by atoms with Crippen molar-refractivity contribution < 1.29 is 8.78 Å². The van der Waals surface area contributed by atoms with E-state index in [1.54, 1.807) is 24.5 Å². The SMILES string of the molecule is CN1C=CN(c2ccc(F)cc2F)N1.I. The Morgan fingerprint density at radius 1 is 1.20 bits per heavy atom. The zero-order chi connectivity index (χ0) is 10.1. The molecule has 1 aromatic rings. The zero-order valence-electron chi connectivity index (χ0n) is 7.95. The maximum atomic E-state index is 13.3. The number of anilines is 1. The minimum absolute atomic E-state index is 0. The van der Waals surface area contributed by atoms with E-state index in [-0.39, 0.29) is 29.7 Å². The first-order valence-electron chi connectivity index (χ1n) is 4.08. The summed E-state index contributed by atoms with van der Waals surface area (Å²) in [5, 5.41) is 3.12. The maximum Gasteiger partial charge on any atom is 0.151 e. The Kier molecular flexibility index (Phi) is 3.86. The van der Waals surface area contributed by atoms with E-state index in [1.807, 2.05) is 0 Å². The Hall–Kier alpha value is -0.890. The molecular formula is C9H10F2IN3. The maximum absolute atomic E-state index is 13.3. The van der Waals surface area contributed by atoms with Crippen molar-refractivity contribution in [3.8, 4) is 0 Å². The Labute approximate surface area is 103 Å². The van der Waals surface area contributed by atoms with Crippen LogP contribution in [0.4, 0.5) is 14.5 Å². The van der Waals surface area contributed by atoms with E-state index in [0.717, 1.165) is 6.07 Å². The molecule has 0 fully saturated rings. The van der Waals surface area contributed by atoms with E-state index >= 15 is 0 Å². The van der Waals surface area contributed by atoms with Crippen LogP contribution >= 0.6 is 24.0 Å². The average Bonchev–Trinajstić information content (AvgIpc) is 2.51. The third-order valence-corrected chi connectivity index (χ3v) is 1.87. The van der Waals surface area contributed by atoms with Gasteiger partial charge < -0.3 is 0 Å². The summed E-state index contributed by atoms with van der Waals surface area (Å²) in [4.78, 5) is 0. The minimum atomic E-state index is -0.600. The monoisotopic (exact) mass is 325 g/mol. The fourth-order valence-corrected chi connectivity index (χ4v) is 1.21. The van der Waals surface area contributed by atoms with E-state index in [1.165, 1.54) is 17.1 Å². The van der Waals surface area contributed by atoms with Crippen LogP contribution in [0.15, 0.2) is 30.6 Å². The van der Waals surface area contributed by atoms with Crippen molar-refractivity contribution in [2.75, 3.05) is 12.1 Å². The summed E-state index contributed by atoms with van der Waals surface area (Å²) in [6.07, 6.45) is 3.37. The fourth-order valence-electron chi connectivity index (χ4n) is 1.21. The van der Waals surface area contributed by atoms with Crippen molar-refractivity contribution in [3.05, 3.63) is 42.2 Å². The molecule has 15 heavy (non-hydrogen) atoms. The summed E-state index contributed by atoms with van der Waals surface area (Å²) in [5.74, 6) is -1.18. The van der Waals surface area contributed by atoms with Gasteiger partial charge in [0.1, 0.15) is 5.82 Å². The van der Waals surface area contributed by atoms with Crippen LogP contribution < -0.4 is 10.5 Å². The van der Waals surface area contributed by atoms with E-state index in [9.17, 15) is 8.78 Å². The quantitative estimate of drug-likeness (QED) is 0.799. The Morgan fingerprint density at radius 3 is 2.47 bits per heavy atom. The predicted molar refractivity (Wildman–Crippen MR) is 64.3 cm³/mol. The van der Waals surface area contributed by atoms with Crippen LogP contribution in [-0.2, 0) is 0 Å². The standard InChI is InChI=1S/C9H9F2N3.HI/c1-13-4-5-14(12-13)9-3-2-7(10)6-8(9)11;/h2-6,12H,1H3;1H. The third kappa shape index (κ3) is 2.57. The van der Waals surface area contributed by atoms with Crippen LogP contribution in [0.1, 0.15) is 0 Å². The third-order valence-electron chi connectivity index (χ3n) is 1.87. The zero-order valence-corrected chi connectivity index (χ0v) is 10.3. The smallest absolute Gasteiger partial charge is 0.151 e. The van der Waals surface area contributed by atoms with Gasteiger partial charge in [-0.1, -0.05) is 0 Å². The topological polar surface area (TPSA) is 18.5 Å². The van der Waals surface area contributed by atoms with Gasteiger partial charge in [0, 0.05) is 25.5 Å². The van der Waals surface area contributed by atoms with Crippen molar-refractivity contribution in [1.82, 2.24) is 10.5 Å². The van der Waals surface area contributed by atoms with Crippen molar-refractivity contribution in [3.63, 3.8) is 0 Å². The number of rotatable bonds is 1. The number of nitrogens with zero attached hydrogens (tertiary/aromatic N) is 2. The van der Waals surface area contributed by atoms with Crippen LogP contribution in [0.25, 0.3) is 0 Å². The lowest BCUT2D eigenvalue weighted by Gasteiger charge is -2.19. The highest BCUT2D eigenvalue weighted by atomic mass is 127. The summed E-state index contributed by atoms with van der Waals surface area (Å²) in [6.45, 7) is 0. The number of halogens is 3. The molecule has 0 saturated carbocycles. The molecule has 0 radical (unpaired) electrons. The molecule has 0 spiro atoms. The molecule has 0 bridgehead atoms.